The molecule has 25 heavy (non-hydrogen) atoms. The van der Waals surface area contributed by atoms with Crippen molar-refractivity contribution < 1.29 is 0 Å². The van der Waals surface area contributed by atoms with Gasteiger partial charge in [0.25, 0.3) is 0 Å². The highest BCUT2D eigenvalue weighted by Crippen LogP contribution is 2.30. The SMILES string of the molecule is CCc1nc2ccccc2n1C1CCN(c2cc(C)nc(C)n2)CC1. The van der Waals surface area contributed by atoms with E-state index in [9.17, 15) is 0 Å². The second kappa shape index (κ2) is 6.47. The van der Waals surface area contributed by atoms with Gasteiger partial charge in [-0.25, -0.2) is 15.0 Å². The molecule has 1 fully saturated rings. The topological polar surface area (TPSA) is 46.8 Å². The van der Waals surface area contributed by atoms with Crippen molar-refractivity contribution in [1.29, 1.82) is 0 Å². The van der Waals surface area contributed by atoms with Crippen LogP contribution in [-0.4, -0.2) is 32.6 Å². The van der Waals surface area contributed by atoms with E-state index in [0.717, 1.165) is 55.2 Å². The van der Waals surface area contributed by atoms with Gasteiger partial charge in [-0.3, -0.25) is 0 Å². The monoisotopic (exact) mass is 335 g/mol. The number of nitrogens with zero attached hydrogens (tertiary/aromatic N) is 5. The largest absolute Gasteiger partial charge is 0.356 e. The number of hydrogen-bond acceptors (Lipinski definition) is 4. The molecular formula is C20H25N5. The predicted molar refractivity (Wildman–Crippen MR) is 101 cm³/mol. The average molecular weight is 335 g/mol. The van der Waals surface area contributed by atoms with E-state index in [4.69, 9.17) is 4.98 Å². The van der Waals surface area contributed by atoms with Gasteiger partial charge in [0.15, 0.2) is 0 Å². The summed E-state index contributed by atoms with van der Waals surface area (Å²) in [6.45, 7) is 8.25. The number of aromatic nitrogens is 4. The number of rotatable bonds is 3. The third-order valence-corrected chi connectivity index (χ3v) is 5.09. The summed E-state index contributed by atoms with van der Waals surface area (Å²) >= 11 is 0. The van der Waals surface area contributed by atoms with Crippen LogP contribution in [0.5, 0.6) is 0 Å². The molecule has 0 spiro atoms. The maximum Gasteiger partial charge on any atom is 0.132 e. The quantitative estimate of drug-likeness (QED) is 0.729. The zero-order valence-electron chi connectivity index (χ0n) is 15.2. The summed E-state index contributed by atoms with van der Waals surface area (Å²) in [5, 5.41) is 0. The maximum absolute atomic E-state index is 4.84. The lowest BCUT2D eigenvalue weighted by atomic mass is 10.0. The molecule has 4 rings (SSSR count). The zero-order valence-corrected chi connectivity index (χ0v) is 15.2. The molecule has 1 aromatic carbocycles. The van der Waals surface area contributed by atoms with Crippen LogP contribution in [0.15, 0.2) is 30.3 Å². The lowest BCUT2D eigenvalue weighted by molar-refractivity contribution is 0.394. The Morgan fingerprint density at radius 2 is 1.80 bits per heavy atom. The van der Waals surface area contributed by atoms with E-state index in [-0.39, 0.29) is 0 Å². The van der Waals surface area contributed by atoms with Crippen LogP contribution in [0.4, 0.5) is 5.82 Å². The Labute approximate surface area is 148 Å². The molecule has 130 valence electrons. The van der Waals surface area contributed by atoms with Gasteiger partial charge in [-0.2, -0.15) is 0 Å². The number of anilines is 1. The summed E-state index contributed by atoms with van der Waals surface area (Å²) in [5.41, 5.74) is 3.42. The van der Waals surface area contributed by atoms with Crippen molar-refractivity contribution in [1.82, 2.24) is 19.5 Å². The lowest BCUT2D eigenvalue weighted by Gasteiger charge is -2.34. The number of para-hydroxylation sites is 2. The fraction of sp³-hybridized carbons (Fsp3) is 0.450. The Morgan fingerprint density at radius 3 is 2.52 bits per heavy atom. The molecule has 0 atom stereocenters. The molecule has 5 heteroatoms. The second-order valence-electron chi connectivity index (χ2n) is 6.87. The highest BCUT2D eigenvalue weighted by Gasteiger charge is 2.24. The highest BCUT2D eigenvalue weighted by molar-refractivity contribution is 5.76. The standard InChI is InChI=1S/C20H25N5/c1-4-19-23-17-7-5-6-8-18(17)25(19)16-9-11-24(12-10-16)20-13-14(2)21-15(3)22-20/h5-8,13,16H,4,9-12H2,1-3H3. The Hall–Kier alpha value is -2.43. The van der Waals surface area contributed by atoms with Crippen LogP contribution >= 0.6 is 0 Å². The normalized spacial score (nSPS) is 15.9. The average Bonchev–Trinajstić information content (AvgIpc) is 2.99. The van der Waals surface area contributed by atoms with Crippen molar-refractivity contribution in [2.75, 3.05) is 18.0 Å². The van der Waals surface area contributed by atoms with Crippen LogP contribution in [-0.2, 0) is 6.42 Å². The van der Waals surface area contributed by atoms with Gasteiger partial charge in [-0.1, -0.05) is 19.1 Å². The van der Waals surface area contributed by atoms with E-state index in [1.807, 2.05) is 13.8 Å². The number of benzene rings is 1. The van der Waals surface area contributed by atoms with Crippen LogP contribution in [0, 0.1) is 13.8 Å². The van der Waals surface area contributed by atoms with E-state index in [2.05, 4.69) is 56.7 Å². The van der Waals surface area contributed by atoms with Crippen molar-refractivity contribution >= 4 is 16.9 Å². The number of fused-ring (bicyclic) bond motifs is 1. The molecule has 0 N–H and O–H groups in total. The van der Waals surface area contributed by atoms with E-state index in [1.54, 1.807) is 0 Å². The van der Waals surface area contributed by atoms with Crippen LogP contribution in [0.25, 0.3) is 11.0 Å². The molecule has 0 unspecified atom stereocenters. The fourth-order valence-electron chi connectivity index (χ4n) is 3.96. The summed E-state index contributed by atoms with van der Waals surface area (Å²) in [5.74, 6) is 3.12. The molecule has 1 aliphatic heterocycles. The first-order valence-corrected chi connectivity index (χ1v) is 9.18. The number of aryl methyl sites for hydroxylation is 3. The Bertz CT molecular complexity index is 870. The van der Waals surface area contributed by atoms with Gasteiger partial charge in [-0.15, -0.1) is 0 Å². The smallest absolute Gasteiger partial charge is 0.132 e. The zero-order chi connectivity index (χ0) is 17.4. The Kier molecular flexibility index (Phi) is 4.15. The predicted octanol–water partition coefficient (Wildman–Crippen LogP) is 3.85. The van der Waals surface area contributed by atoms with Gasteiger partial charge < -0.3 is 9.47 Å². The fourth-order valence-corrected chi connectivity index (χ4v) is 3.96. The van der Waals surface area contributed by atoms with Crippen molar-refractivity contribution in [2.24, 2.45) is 0 Å². The first-order chi connectivity index (χ1) is 12.2. The molecule has 1 saturated heterocycles. The number of piperidine rings is 1. The van der Waals surface area contributed by atoms with Gasteiger partial charge >= 0.3 is 0 Å². The number of hydrogen-bond donors (Lipinski definition) is 0. The molecule has 1 aliphatic rings. The van der Waals surface area contributed by atoms with Crippen molar-refractivity contribution in [3.63, 3.8) is 0 Å². The van der Waals surface area contributed by atoms with E-state index >= 15 is 0 Å². The van der Waals surface area contributed by atoms with Gasteiger partial charge in [0, 0.05) is 37.3 Å². The minimum Gasteiger partial charge on any atom is -0.356 e. The summed E-state index contributed by atoms with van der Waals surface area (Å²) in [6, 6.07) is 11.1. The molecule has 3 aromatic rings. The Morgan fingerprint density at radius 1 is 1.04 bits per heavy atom. The van der Waals surface area contributed by atoms with E-state index in [1.165, 1.54) is 11.3 Å². The minimum absolute atomic E-state index is 0.516. The maximum atomic E-state index is 4.84. The van der Waals surface area contributed by atoms with E-state index in [0.29, 0.717) is 6.04 Å². The van der Waals surface area contributed by atoms with Gasteiger partial charge in [-0.05, 0) is 38.8 Å². The van der Waals surface area contributed by atoms with Crippen LogP contribution in [0.3, 0.4) is 0 Å². The molecule has 0 saturated carbocycles. The third-order valence-electron chi connectivity index (χ3n) is 5.09. The molecule has 0 amide bonds. The summed E-state index contributed by atoms with van der Waals surface area (Å²) < 4.78 is 2.48. The van der Waals surface area contributed by atoms with Crippen molar-refractivity contribution in [3.8, 4) is 0 Å². The molecule has 3 heterocycles. The third kappa shape index (κ3) is 2.99. The molecule has 0 radical (unpaired) electrons. The first kappa shape index (κ1) is 16.1. The van der Waals surface area contributed by atoms with Crippen LogP contribution in [0.2, 0.25) is 0 Å². The van der Waals surface area contributed by atoms with Crippen molar-refractivity contribution in [3.05, 3.63) is 47.7 Å². The lowest BCUT2D eigenvalue weighted by Crippen LogP contribution is -2.35. The summed E-state index contributed by atoms with van der Waals surface area (Å²) in [6.07, 6.45) is 3.21. The molecule has 2 aromatic heterocycles. The van der Waals surface area contributed by atoms with Gasteiger partial charge in [0.2, 0.25) is 0 Å². The Balaban J connectivity index is 1.58. The van der Waals surface area contributed by atoms with Crippen LogP contribution in [0.1, 0.15) is 43.1 Å². The van der Waals surface area contributed by atoms with Crippen LogP contribution < -0.4 is 4.90 Å². The van der Waals surface area contributed by atoms with Gasteiger partial charge in [0.1, 0.15) is 17.5 Å². The molecule has 5 nitrogen and oxygen atoms in total. The second-order valence-corrected chi connectivity index (χ2v) is 6.87. The molecule has 0 aliphatic carbocycles. The van der Waals surface area contributed by atoms with Crippen molar-refractivity contribution in [2.45, 2.75) is 46.1 Å². The molecule has 0 bridgehead atoms. The summed E-state index contributed by atoms with van der Waals surface area (Å²) in [4.78, 5) is 16.2. The summed E-state index contributed by atoms with van der Waals surface area (Å²) in [7, 11) is 0. The highest BCUT2D eigenvalue weighted by atomic mass is 15.2. The van der Waals surface area contributed by atoms with E-state index < -0.39 is 0 Å². The number of imidazole rings is 1. The first-order valence-electron chi connectivity index (χ1n) is 9.18. The molecular weight excluding hydrogens is 310 g/mol. The minimum atomic E-state index is 0.516. The van der Waals surface area contributed by atoms with Gasteiger partial charge in [0.05, 0.1) is 11.0 Å².